The van der Waals surface area contributed by atoms with Gasteiger partial charge in [0.15, 0.2) is 0 Å². The highest BCUT2D eigenvalue weighted by Crippen LogP contribution is 2.58. The van der Waals surface area contributed by atoms with E-state index in [2.05, 4.69) is 19.1 Å². The van der Waals surface area contributed by atoms with Gasteiger partial charge < -0.3 is 15.2 Å². The summed E-state index contributed by atoms with van der Waals surface area (Å²) in [5.74, 6) is 1.09. The highest BCUT2D eigenvalue weighted by atomic mass is 16.5. The van der Waals surface area contributed by atoms with Crippen LogP contribution in [0.2, 0.25) is 0 Å². The maximum Gasteiger partial charge on any atom is 0.283 e. The largest absolute Gasteiger partial charge is 0.487 e. The molecule has 2 aliphatic heterocycles. The summed E-state index contributed by atoms with van der Waals surface area (Å²) in [6.07, 6.45) is 3.17. The van der Waals surface area contributed by atoms with Crippen LogP contribution in [0.1, 0.15) is 37.3 Å². The van der Waals surface area contributed by atoms with Gasteiger partial charge in [-0.15, -0.1) is 0 Å². The van der Waals surface area contributed by atoms with Crippen molar-refractivity contribution >= 4 is 6.02 Å². The summed E-state index contributed by atoms with van der Waals surface area (Å²) >= 11 is 0. The first-order valence-corrected chi connectivity index (χ1v) is 9.36. The molecule has 0 bridgehead atoms. The van der Waals surface area contributed by atoms with Crippen LogP contribution in [-0.4, -0.2) is 18.2 Å². The first-order chi connectivity index (χ1) is 13.0. The lowest BCUT2D eigenvalue weighted by Crippen LogP contribution is -2.52. The van der Waals surface area contributed by atoms with Crippen LogP contribution >= 0.6 is 0 Å². The van der Waals surface area contributed by atoms with Gasteiger partial charge in [0, 0.05) is 11.5 Å². The number of hydrogen-bond donors (Lipinski definition) is 1. The van der Waals surface area contributed by atoms with Crippen LogP contribution in [0.3, 0.4) is 0 Å². The maximum absolute atomic E-state index is 9.21. The van der Waals surface area contributed by atoms with E-state index >= 15 is 0 Å². The van der Waals surface area contributed by atoms with Gasteiger partial charge >= 0.3 is 0 Å². The zero-order chi connectivity index (χ0) is 18.6. The van der Waals surface area contributed by atoms with Crippen molar-refractivity contribution in [3.63, 3.8) is 0 Å². The third-order valence-corrected chi connectivity index (χ3v) is 6.34. The van der Waals surface area contributed by atoms with Gasteiger partial charge in [-0.05, 0) is 61.6 Å². The van der Waals surface area contributed by atoms with Gasteiger partial charge in [-0.2, -0.15) is 5.26 Å². The lowest BCUT2D eigenvalue weighted by Gasteiger charge is -2.47. The molecule has 2 aromatic rings. The van der Waals surface area contributed by atoms with Crippen molar-refractivity contribution < 1.29 is 9.47 Å². The molecule has 0 amide bonds. The van der Waals surface area contributed by atoms with Gasteiger partial charge in [0.25, 0.3) is 6.02 Å². The van der Waals surface area contributed by atoms with E-state index in [9.17, 15) is 5.26 Å². The molecule has 5 nitrogen and oxygen atoms in total. The number of ether oxygens (including phenoxy) is 2. The number of nitriles is 1. The summed E-state index contributed by atoms with van der Waals surface area (Å²) in [4.78, 5) is 4.82. The molecule has 1 unspecified atom stereocenters. The Morgan fingerprint density at radius 1 is 1.22 bits per heavy atom. The van der Waals surface area contributed by atoms with E-state index in [0.717, 1.165) is 41.7 Å². The van der Waals surface area contributed by atoms with Crippen molar-refractivity contribution in [1.29, 1.82) is 5.26 Å². The number of amidine groups is 1. The highest BCUT2D eigenvalue weighted by Gasteiger charge is 2.60. The first-order valence-electron chi connectivity index (χ1n) is 9.36. The molecule has 1 spiro atoms. The Morgan fingerprint density at radius 3 is 2.85 bits per heavy atom. The quantitative estimate of drug-likeness (QED) is 0.841. The van der Waals surface area contributed by atoms with E-state index in [1.807, 2.05) is 36.4 Å². The van der Waals surface area contributed by atoms with Crippen molar-refractivity contribution in [3.8, 4) is 22.9 Å². The molecule has 27 heavy (non-hydrogen) atoms. The Balaban J connectivity index is 1.69. The molecule has 1 saturated carbocycles. The summed E-state index contributed by atoms with van der Waals surface area (Å²) in [5.41, 5.74) is 8.94. The van der Waals surface area contributed by atoms with Crippen molar-refractivity contribution in [2.75, 3.05) is 6.61 Å². The SMILES string of the molecule is C[C@]12CCC[C@H]1C1(COC(N)=N1)c1cc(-c3cccc(C#N)c3)ccc1O2. The molecule has 5 heteroatoms. The Labute approximate surface area is 158 Å². The average Bonchev–Trinajstić information content (AvgIpc) is 3.26. The number of aliphatic imine (C=N–C) groups is 1. The Hall–Kier alpha value is -3.00. The lowest BCUT2D eigenvalue weighted by molar-refractivity contribution is -0.0210. The van der Waals surface area contributed by atoms with Gasteiger partial charge in [-0.1, -0.05) is 18.2 Å². The van der Waals surface area contributed by atoms with Gasteiger partial charge in [-0.3, -0.25) is 0 Å². The predicted octanol–water partition coefficient (Wildman–Crippen LogP) is 3.72. The molecule has 1 aliphatic carbocycles. The number of fused-ring (bicyclic) bond motifs is 4. The van der Waals surface area contributed by atoms with Crippen LogP contribution in [0.15, 0.2) is 47.5 Å². The molecule has 1 fully saturated rings. The molecule has 5 rings (SSSR count). The minimum atomic E-state index is -0.494. The fraction of sp³-hybridized carbons (Fsp3) is 0.364. The molecule has 136 valence electrons. The summed E-state index contributed by atoms with van der Waals surface area (Å²) in [6, 6.07) is 16.3. The topological polar surface area (TPSA) is 80.6 Å². The van der Waals surface area contributed by atoms with Crippen molar-refractivity contribution in [1.82, 2.24) is 0 Å². The van der Waals surface area contributed by atoms with Crippen LogP contribution < -0.4 is 10.5 Å². The Morgan fingerprint density at radius 2 is 2.07 bits per heavy atom. The van der Waals surface area contributed by atoms with E-state index in [0.29, 0.717) is 12.2 Å². The van der Waals surface area contributed by atoms with Crippen LogP contribution in [0.5, 0.6) is 5.75 Å². The zero-order valence-corrected chi connectivity index (χ0v) is 15.2. The molecule has 0 radical (unpaired) electrons. The van der Waals surface area contributed by atoms with E-state index in [1.165, 1.54) is 0 Å². The zero-order valence-electron chi connectivity index (χ0n) is 15.2. The third kappa shape index (κ3) is 2.26. The second-order valence-electron chi connectivity index (χ2n) is 7.93. The van der Waals surface area contributed by atoms with Crippen molar-refractivity contribution in [2.24, 2.45) is 16.6 Å². The van der Waals surface area contributed by atoms with Gasteiger partial charge in [0.1, 0.15) is 23.5 Å². The number of nitrogens with zero attached hydrogens (tertiary/aromatic N) is 2. The Kier molecular flexibility index (Phi) is 3.30. The van der Waals surface area contributed by atoms with Gasteiger partial charge in [-0.25, -0.2) is 4.99 Å². The van der Waals surface area contributed by atoms with Crippen molar-refractivity contribution in [3.05, 3.63) is 53.6 Å². The monoisotopic (exact) mass is 359 g/mol. The molecular formula is C22H21N3O2. The van der Waals surface area contributed by atoms with E-state index in [4.69, 9.17) is 20.2 Å². The van der Waals surface area contributed by atoms with Crippen molar-refractivity contribution in [2.45, 2.75) is 37.3 Å². The first kappa shape index (κ1) is 16.2. The second-order valence-corrected chi connectivity index (χ2v) is 7.93. The smallest absolute Gasteiger partial charge is 0.283 e. The van der Waals surface area contributed by atoms with Gasteiger partial charge in [0.2, 0.25) is 0 Å². The molecule has 3 atom stereocenters. The highest BCUT2D eigenvalue weighted by molar-refractivity contribution is 5.76. The molecule has 3 aliphatic rings. The fourth-order valence-corrected chi connectivity index (χ4v) is 5.11. The maximum atomic E-state index is 9.21. The summed E-state index contributed by atoms with van der Waals surface area (Å²) < 4.78 is 12.2. The minimum absolute atomic E-state index is 0.235. The summed E-state index contributed by atoms with van der Waals surface area (Å²) in [5, 5.41) is 9.21. The third-order valence-electron chi connectivity index (χ3n) is 6.34. The lowest BCUT2D eigenvalue weighted by atomic mass is 9.69. The molecule has 2 N–H and O–H groups in total. The predicted molar refractivity (Wildman–Crippen MR) is 102 cm³/mol. The van der Waals surface area contributed by atoms with Crippen LogP contribution in [0.4, 0.5) is 0 Å². The summed E-state index contributed by atoms with van der Waals surface area (Å²) in [6.45, 7) is 2.64. The molecule has 0 saturated heterocycles. The number of nitrogens with two attached hydrogens (primary N) is 1. The summed E-state index contributed by atoms with van der Waals surface area (Å²) in [7, 11) is 0. The minimum Gasteiger partial charge on any atom is -0.487 e. The molecule has 0 aromatic heterocycles. The van der Waals surface area contributed by atoms with Crippen LogP contribution in [0, 0.1) is 17.2 Å². The number of hydrogen-bond acceptors (Lipinski definition) is 5. The molecular weight excluding hydrogens is 338 g/mol. The average molecular weight is 359 g/mol. The van der Waals surface area contributed by atoms with Crippen LogP contribution in [0.25, 0.3) is 11.1 Å². The van der Waals surface area contributed by atoms with Gasteiger partial charge in [0.05, 0.1) is 11.6 Å². The normalized spacial score (nSPS) is 30.7. The molecule has 2 aromatic carbocycles. The van der Waals surface area contributed by atoms with E-state index in [-0.39, 0.29) is 17.5 Å². The number of benzene rings is 2. The fourth-order valence-electron chi connectivity index (χ4n) is 5.11. The molecule has 2 heterocycles. The number of rotatable bonds is 1. The Bertz CT molecular complexity index is 1010. The van der Waals surface area contributed by atoms with Crippen LogP contribution in [-0.2, 0) is 10.3 Å². The standard InChI is InChI=1S/C22H21N3O2/c1-21-9-3-6-19(21)22(13-26-20(24)25-22)17-11-16(7-8-18(17)27-21)15-5-2-4-14(10-15)12-23/h2,4-5,7-8,10-11,19H,3,6,9,13H2,1H3,(H2,24,25)/t19-,21+,22?/m1/s1. The van der Waals surface area contributed by atoms with E-state index in [1.54, 1.807) is 0 Å². The second kappa shape index (κ2) is 5.50. The van der Waals surface area contributed by atoms with E-state index < -0.39 is 5.54 Å².